The van der Waals surface area contributed by atoms with Gasteiger partial charge in [-0.25, -0.2) is 13.6 Å². The van der Waals surface area contributed by atoms with Crippen LogP contribution >= 0.6 is 0 Å². The van der Waals surface area contributed by atoms with Crippen LogP contribution in [0.2, 0.25) is 0 Å². The Balaban J connectivity index is 0.000000421. The summed E-state index contributed by atoms with van der Waals surface area (Å²) in [6, 6.07) is 52.5. The number of aliphatic hydroxyl groups excluding tert-OH is 4. The number of carboxylic acid groups (broad SMARTS) is 3. The number of carboxylic acids is 3. The zero-order chi connectivity index (χ0) is 65.7. The molecule has 9 aromatic rings. The molecule has 13 N–H and O–H groups in total. The number of hydrogen-bond donors (Lipinski definition) is 7. The summed E-state index contributed by atoms with van der Waals surface area (Å²) in [7, 11) is 0. The van der Waals surface area contributed by atoms with Crippen molar-refractivity contribution in [2.75, 3.05) is 10.6 Å². The molecular weight excluding hydrogens is 1250 g/mol. The largest absolute Gasteiger partial charge is 2.00 e. The minimum absolute atomic E-state index is 0. The van der Waals surface area contributed by atoms with Crippen LogP contribution in [0.3, 0.4) is 0 Å². The molecule has 0 aliphatic rings. The number of rotatable bonds is 25. The zero-order valence-electron chi connectivity index (χ0n) is 53.0. The van der Waals surface area contributed by atoms with Crippen LogP contribution in [-0.2, 0) is 22.7 Å². The molecular formula is C72H79CaF2N5O15. The molecule has 0 radical (unpaired) electrons. The maximum Gasteiger partial charge on any atom is 2.00 e. The first-order chi connectivity index (χ1) is 43.6. The van der Waals surface area contributed by atoms with E-state index in [1.165, 1.54) is 42.7 Å². The van der Waals surface area contributed by atoms with Crippen molar-refractivity contribution in [3.05, 3.63) is 234 Å². The van der Waals surface area contributed by atoms with Gasteiger partial charge in [0.05, 0.1) is 52.5 Å². The SMILES string of the molecule is CC(C)c1c(C(=O)Nc2ccccc2)c(-c2ccccc2)c(-c2ccc(F)cc2)n1CC[C@@H](O)C[C@@H](O)CC(=O)[O-].CC(C)c1c(C(=O)Nc2ccccc2)c(-c2ccccc2)c(-c2ccc(F)cc2)n1CC[C@@H](O)C[C@@H](O)CC(=O)[O-].O.O.O.O=C(O)c1cccnc1.[Ca+2]. The Labute approximate surface area is 579 Å². The molecule has 3 heterocycles. The number of aromatic nitrogens is 3. The van der Waals surface area contributed by atoms with Crippen LogP contribution in [0, 0.1) is 11.6 Å². The molecule has 20 nitrogen and oxygen atoms in total. The normalized spacial score (nSPS) is 11.8. The summed E-state index contributed by atoms with van der Waals surface area (Å²) in [4.78, 5) is 63.6. The summed E-state index contributed by atoms with van der Waals surface area (Å²) >= 11 is 0. The van der Waals surface area contributed by atoms with Gasteiger partial charge in [0, 0.05) is 84.2 Å². The van der Waals surface area contributed by atoms with Gasteiger partial charge in [-0.15, -0.1) is 0 Å². The third kappa shape index (κ3) is 22.7. The molecule has 23 heteroatoms. The molecule has 0 unspecified atom stereocenters. The van der Waals surface area contributed by atoms with Crippen molar-refractivity contribution in [1.82, 2.24) is 14.1 Å². The fraction of sp³-hybridized carbons (Fsp3) is 0.250. The maximum absolute atomic E-state index is 14.0. The third-order valence-corrected chi connectivity index (χ3v) is 14.8. The van der Waals surface area contributed by atoms with E-state index in [9.17, 15) is 63.4 Å². The van der Waals surface area contributed by atoms with Crippen molar-refractivity contribution in [2.45, 2.75) is 116 Å². The van der Waals surface area contributed by atoms with Crippen molar-refractivity contribution in [3.8, 4) is 44.8 Å². The Morgan fingerprint density at radius 2 is 0.811 bits per heavy atom. The Kier molecular flexibility index (Phi) is 33.2. The van der Waals surface area contributed by atoms with Crippen LogP contribution in [0.4, 0.5) is 20.2 Å². The summed E-state index contributed by atoms with van der Waals surface area (Å²) in [5.74, 6) is -5.35. The number of nitrogens with one attached hydrogen (secondary N) is 2. The average molecular weight is 1330 g/mol. The van der Waals surface area contributed by atoms with Crippen molar-refractivity contribution in [3.63, 3.8) is 0 Å². The number of aromatic carboxylic acids is 1. The topological polar surface area (TPSA) is 374 Å². The van der Waals surface area contributed by atoms with Gasteiger partial charge in [0.2, 0.25) is 0 Å². The average Bonchev–Trinajstić information content (AvgIpc) is 1.60. The summed E-state index contributed by atoms with van der Waals surface area (Å²) in [5.41, 5.74) is 9.65. The predicted molar refractivity (Wildman–Crippen MR) is 357 cm³/mol. The van der Waals surface area contributed by atoms with Crippen LogP contribution in [0.5, 0.6) is 0 Å². The molecule has 4 atom stereocenters. The van der Waals surface area contributed by atoms with E-state index in [0.717, 1.165) is 22.5 Å². The minimum atomic E-state index is -1.39. The van der Waals surface area contributed by atoms with Crippen molar-refractivity contribution < 1.29 is 84.9 Å². The van der Waals surface area contributed by atoms with Crippen molar-refractivity contribution in [1.29, 1.82) is 0 Å². The van der Waals surface area contributed by atoms with Gasteiger partial charge >= 0.3 is 43.7 Å². The molecule has 498 valence electrons. The van der Waals surface area contributed by atoms with Gasteiger partial charge in [0.1, 0.15) is 11.6 Å². The van der Waals surface area contributed by atoms with Gasteiger partial charge in [-0.05, 0) is 145 Å². The molecule has 0 bridgehead atoms. The van der Waals surface area contributed by atoms with Crippen molar-refractivity contribution in [2.24, 2.45) is 0 Å². The molecule has 0 saturated carbocycles. The van der Waals surface area contributed by atoms with Gasteiger partial charge in [0.15, 0.2) is 0 Å². The second-order valence-corrected chi connectivity index (χ2v) is 22.3. The van der Waals surface area contributed by atoms with Crippen LogP contribution < -0.4 is 20.8 Å². The first kappa shape index (κ1) is 80.5. The number of aliphatic hydroxyl groups is 4. The number of anilines is 2. The molecule has 0 aliphatic carbocycles. The van der Waals surface area contributed by atoms with E-state index >= 15 is 0 Å². The first-order valence-corrected chi connectivity index (χ1v) is 29.7. The molecule has 0 saturated heterocycles. The maximum atomic E-state index is 14.0. The Bertz CT molecular complexity index is 3620. The molecule has 0 aliphatic heterocycles. The van der Waals surface area contributed by atoms with Gasteiger partial charge in [-0.3, -0.25) is 14.6 Å². The number of halogens is 2. The van der Waals surface area contributed by atoms with E-state index in [0.29, 0.717) is 56.1 Å². The molecule has 6 aromatic carbocycles. The van der Waals surface area contributed by atoms with E-state index in [1.54, 1.807) is 54.6 Å². The van der Waals surface area contributed by atoms with E-state index in [4.69, 9.17) is 5.11 Å². The van der Waals surface area contributed by atoms with Crippen LogP contribution in [0.15, 0.2) is 194 Å². The van der Waals surface area contributed by atoms with Gasteiger partial charge in [-0.2, -0.15) is 0 Å². The first-order valence-electron chi connectivity index (χ1n) is 29.7. The molecule has 9 rings (SSSR count). The molecule has 2 amide bonds. The number of hydrogen-bond acceptors (Lipinski definition) is 12. The molecule has 0 fully saturated rings. The Morgan fingerprint density at radius 1 is 0.474 bits per heavy atom. The molecule has 3 aromatic heterocycles. The van der Waals surface area contributed by atoms with Gasteiger partial charge in [-0.1, -0.05) is 125 Å². The van der Waals surface area contributed by atoms with Crippen molar-refractivity contribution >= 4 is 78.8 Å². The third-order valence-electron chi connectivity index (χ3n) is 14.8. The number of carbonyl (C=O) groups is 5. The minimum Gasteiger partial charge on any atom is -0.550 e. The second kappa shape index (κ2) is 39.2. The zero-order valence-corrected chi connectivity index (χ0v) is 55.2. The van der Waals surface area contributed by atoms with E-state index in [2.05, 4.69) is 15.6 Å². The monoisotopic (exact) mass is 1330 g/mol. The number of pyridine rings is 1. The smallest absolute Gasteiger partial charge is 0.550 e. The Hall–Kier alpha value is -8.78. The predicted octanol–water partition coefficient (Wildman–Crippen LogP) is 7.88. The summed E-state index contributed by atoms with van der Waals surface area (Å²) in [6.45, 7) is 8.45. The number of para-hydroxylation sites is 2. The number of amides is 2. The van der Waals surface area contributed by atoms with E-state index in [-0.39, 0.29) is 122 Å². The molecule has 0 spiro atoms. The van der Waals surface area contributed by atoms with Crippen LogP contribution in [-0.4, -0.2) is 148 Å². The number of aliphatic carboxylic acids is 2. The van der Waals surface area contributed by atoms with Crippen LogP contribution in [0.1, 0.15) is 121 Å². The van der Waals surface area contributed by atoms with E-state index in [1.807, 2.05) is 134 Å². The Morgan fingerprint density at radius 3 is 1.09 bits per heavy atom. The number of benzene rings is 6. The summed E-state index contributed by atoms with van der Waals surface area (Å²) < 4.78 is 32.0. The number of carbonyl (C=O) groups excluding carboxylic acids is 4. The quantitative estimate of drug-likeness (QED) is 0.0268. The summed E-state index contributed by atoms with van der Waals surface area (Å²) in [6.07, 6.45) is -2.70. The molecule has 95 heavy (non-hydrogen) atoms. The number of nitrogens with zero attached hydrogens (tertiary/aromatic N) is 3. The standard InChI is InChI=1S/2C33H35FN2O5.C6H5NO2.Ca.3H2O/c2*1-21(2)31-30(33(41)35-25-11-7-4-8-12-25)29(22-9-5-3-6-10-22)32(23-13-15-24(34)16-14-23)36(31)18-17-26(37)19-27(38)20-28(39)40;8-6(9)5-2-1-3-7-4-5;;;;/h2*3-16,21,26-27,37-38H,17-20H2,1-2H3,(H,35,41)(H,39,40);1-4H,(H,8,9);;3*1H2/q;;;+2;;;/p-2/t2*26-,27-;;;;;/m11...../s1. The fourth-order valence-electron chi connectivity index (χ4n) is 10.9. The van der Waals surface area contributed by atoms with Gasteiger partial charge < -0.3 is 81.5 Å². The van der Waals surface area contributed by atoms with E-state index < -0.39 is 66.8 Å². The van der Waals surface area contributed by atoms with Crippen LogP contribution in [0.25, 0.3) is 44.8 Å². The summed E-state index contributed by atoms with van der Waals surface area (Å²) in [5, 5.41) is 77.6. The van der Waals surface area contributed by atoms with Gasteiger partial charge in [0.25, 0.3) is 11.8 Å². The fourth-order valence-corrected chi connectivity index (χ4v) is 10.9. The second-order valence-electron chi connectivity index (χ2n) is 22.3.